The number of unbranched alkanes of at least 4 members (excludes halogenated alkanes) is 9. The van der Waals surface area contributed by atoms with Crippen molar-refractivity contribution in [1.29, 1.82) is 0 Å². The first-order valence-corrected chi connectivity index (χ1v) is 9.64. The summed E-state index contributed by atoms with van der Waals surface area (Å²) in [4.78, 5) is 0. The Balaban J connectivity index is 0.00000484. The van der Waals surface area contributed by atoms with Crippen molar-refractivity contribution in [3.05, 3.63) is 33.9 Å². The summed E-state index contributed by atoms with van der Waals surface area (Å²) < 4.78 is 0. The minimum absolute atomic E-state index is 0. The Hall–Kier alpha value is -0.820. The largest absolute Gasteiger partial charge is 0.344 e. The molecule has 0 aliphatic rings. The molecule has 1 nitrogen and oxygen atoms in total. The zero-order valence-electron chi connectivity index (χ0n) is 16.6. The lowest BCUT2D eigenvalue weighted by Crippen LogP contribution is -1.98. The van der Waals surface area contributed by atoms with Gasteiger partial charge in [0, 0.05) is 0 Å². The molecule has 23 heavy (non-hydrogen) atoms. The van der Waals surface area contributed by atoms with E-state index in [0.29, 0.717) is 0 Å². The molecule has 1 rings (SSSR count). The van der Waals surface area contributed by atoms with Gasteiger partial charge in [-0.2, -0.15) is 0 Å². The van der Waals surface area contributed by atoms with Crippen molar-refractivity contribution in [2.45, 2.75) is 105 Å². The second-order valence-corrected chi connectivity index (χ2v) is 7.16. The first-order valence-electron chi connectivity index (χ1n) is 9.64. The summed E-state index contributed by atoms with van der Waals surface area (Å²) in [6, 6.07) is 2.42. The van der Waals surface area contributed by atoms with Gasteiger partial charge in [-0.3, -0.25) is 0 Å². The van der Waals surface area contributed by atoms with E-state index in [2.05, 4.69) is 40.7 Å². The van der Waals surface area contributed by atoms with Crippen LogP contribution in [0.1, 0.15) is 98.9 Å². The molecule has 0 aromatic heterocycles. The van der Waals surface area contributed by atoms with Crippen molar-refractivity contribution in [1.82, 2.24) is 6.15 Å². The maximum Gasteiger partial charge on any atom is -0.0276 e. The topological polar surface area (TPSA) is 35.0 Å². The van der Waals surface area contributed by atoms with Gasteiger partial charge >= 0.3 is 0 Å². The second kappa shape index (κ2) is 12.6. The molecule has 0 aliphatic carbocycles. The van der Waals surface area contributed by atoms with Gasteiger partial charge in [-0.15, -0.1) is 0 Å². The van der Waals surface area contributed by atoms with E-state index in [1.165, 1.54) is 92.9 Å². The smallest absolute Gasteiger partial charge is 0.0276 e. The third-order valence-electron chi connectivity index (χ3n) is 5.39. The minimum atomic E-state index is 0. The van der Waals surface area contributed by atoms with Crippen LogP contribution in [-0.4, -0.2) is 0 Å². The standard InChI is InChI=1S/C22H38.H3N/c1-6-7-8-9-10-11-12-13-14-15-16-22-17-18(2)19(3)20(4)21(22)5;/h17H,6-16H2,1-5H3;1H3. The Labute approximate surface area is 145 Å². The van der Waals surface area contributed by atoms with E-state index in [0.717, 1.165) is 0 Å². The van der Waals surface area contributed by atoms with Crippen LogP contribution in [0.15, 0.2) is 6.07 Å². The predicted molar refractivity (Wildman–Crippen MR) is 106 cm³/mol. The van der Waals surface area contributed by atoms with Crippen molar-refractivity contribution in [2.75, 3.05) is 0 Å². The summed E-state index contributed by atoms with van der Waals surface area (Å²) in [7, 11) is 0. The van der Waals surface area contributed by atoms with Crippen LogP contribution >= 0.6 is 0 Å². The second-order valence-electron chi connectivity index (χ2n) is 7.16. The first-order chi connectivity index (χ1) is 10.6. The SMILES string of the molecule is CCCCCCCCCCCCc1cc(C)c(C)c(C)c1C.N. The van der Waals surface area contributed by atoms with Gasteiger partial charge in [-0.05, 0) is 68.4 Å². The van der Waals surface area contributed by atoms with Crippen molar-refractivity contribution < 1.29 is 0 Å². The van der Waals surface area contributed by atoms with Gasteiger partial charge in [0.1, 0.15) is 0 Å². The molecule has 0 fully saturated rings. The quantitative estimate of drug-likeness (QED) is 0.420. The van der Waals surface area contributed by atoms with E-state index in [1.54, 1.807) is 5.56 Å². The molecule has 0 atom stereocenters. The van der Waals surface area contributed by atoms with Crippen LogP contribution in [0.4, 0.5) is 0 Å². The van der Waals surface area contributed by atoms with Crippen LogP contribution in [0.5, 0.6) is 0 Å². The lowest BCUT2D eigenvalue weighted by molar-refractivity contribution is 0.556. The van der Waals surface area contributed by atoms with Crippen LogP contribution in [0.25, 0.3) is 0 Å². The van der Waals surface area contributed by atoms with Crippen LogP contribution in [0.2, 0.25) is 0 Å². The van der Waals surface area contributed by atoms with Gasteiger partial charge in [-0.25, -0.2) is 0 Å². The first kappa shape index (κ1) is 22.2. The molecular formula is C22H41N. The van der Waals surface area contributed by atoms with Crippen molar-refractivity contribution >= 4 is 0 Å². The van der Waals surface area contributed by atoms with Gasteiger partial charge in [-0.1, -0.05) is 70.8 Å². The molecule has 1 heteroatoms. The van der Waals surface area contributed by atoms with Gasteiger partial charge in [0.2, 0.25) is 0 Å². The normalized spacial score (nSPS) is 10.7. The molecule has 0 aliphatic heterocycles. The van der Waals surface area contributed by atoms with Crippen molar-refractivity contribution in [2.24, 2.45) is 0 Å². The summed E-state index contributed by atoms with van der Waals surface area (Å²) in [5.41, 5.74) is 7.55. The highest BCUT2D eigenvalue weighted by Crippen LogP contribution is 2.23. The number of hydrogen-bond acceptors (Lipinski definition) is 1. The van der Waals surface area contributed by atoms with Crippen LogP contribution in [0, 0.1) is 27.7 Å². The number of benzene rings is 1. The minimum Gasteiger partial charge on any atom is -0.344 e. The fourth-order valence-electron chi connectivity index (χ4n) is 3.36. The third kappa shape index (κ3) is 8.01. The van der Waals surface area contributed by atoms with Crippen LogP contribution < -0.4 is 6.15 Å². The molecule has 3 N–H and O–H groups in total. The average Bonchev–Trinajstić information content (AvgIpc) is 2.51. The highest BCUT2D eigenvalue weighted by atomic mass is 14.1. The molecule has 0 radical (unpaired) electrons. The molecule has 1 aromatic rings. The van der Waals surface area contributed by atoms with Crippen molar-refractivity contribution in [3.63, 3.8) is 0 Å². The maximum atomic E-state index is 2.42. The Morgan fingerprint density at radius 2 is 1.09 bits per heavy atom. The average molecular weight is 320 g/mol. The van der Waals surface area contributed by atoms with E-state index < -0.39 is 0 Å². The van der Waals surface area contributed by atoms with E-state index in [1.807, 2.05) is 0 Å². The van der Waals surface area contributed by atoms with Gasteiger partial charge in [0.25, 0.3) is 0 Å². The summed E-state index contributed by atoms with van der Waals surface area (Å²) in [6.07, 6.45) is 15.5. The third-order valence-corrected chi connectivity index (χ3v) is 5.39. The Morgan fingerprint density at radius 1 is 0.609 bits per heavy atom. The zero-order valence-corrected chi connectivity index (χ0v) is 16.6. The molecule has 0 unspecified atom stereocenters. The fourth-order valence-corrected chi connectivity index (χ4v) is 3.36. The molecular weight excluding hydrogens is 278 g/mol. The van der Waals surface area contributed by atoms with Gasteiger partial charge in [0.05, 0.1) is 0 Å². The molecule has 0 saturated carbocycles. The summed E-state index contributed by atoms with van der Waals surface area (Å²) in [6.45, 7) is 11.4. The fraction of sp³-hybridized carbons (Fsp3) is 0.727. The monoisotopic (exact) mass is 319 g/mol. The summed E-state index contributed by atoms with van der Waals surface area (Å²) in [5.74, 6) is 0. The number of hydrogen-bond donors (Lipinski definition) is 1. The Bertz CT molecular complexity index is 434. The lowest BCUT2D eigenvalue weighted by Gasteiger charge is -2.14. The predicted octanol–water partition coefficient (Wildman–Crippen LogP) is 7.55. The Kier molecular flexibility index (Phi) is 12.1. The summed E-state index contributed by atoms with van der Waals surface area (Å²) >= 11 is 0. The van der Waals surface area contributed by atoms with E-state index in [9.17, 15) is 0 Å². The number of rotatable bonds is 11. The molecule has 0 saturated heterocycles. The van der Waals surface area contributed by atoms with Gasteiger partial charge in [0.15, 0.2) is 0 Å². The molecule has 0 heterocycles. The zero-order chi connectivity index (χ0) is 16.4. The molecule has 0 spiro atoms. The number of aryl methyl sites for hydroxylation is 2. The summed E-state index contributed by atoms with van der Waals surface area (Å²) in [5, 5.41) is 0. The maximum absolute atomic E-state index is 2.42. The molecule has 1 aromatic carbocycles. The van der Waals surface area contributed by atoms with Gasteiger partial charge < -0.3 is 6.15 Å². The highest BCUT2D eigenvalue weighted by molar-refractivity contribution is 5.43. The lowest BCUT2D eigenvalue weighted by atomic mass is 9.92. The van der Waals surface area contributed by atoms with Crippen LogP contribution in [0.3, 0.4) is 0 Å². The van der Waals surface area contributed by atoms with E-state index in [-0.39, 0.29) is 6.15 Å². The molecule has 0 bridgehead atoms. The molecule has 134 valence electrons. The highest BCUT2D eigenvalue weighted by Gasteiger charge is 2.06. The Morgan fingerprint density at radius 3 is 1.61 bits per heavy atom. The van der Waals surface area contributed by atoms with E-state index >= 15 is 0 Å². The van der Waals surface area contributed by atoms with E-state index in [4.69, 9.17) is 0 Å². The van der Waals surface area contributed by atoms with Crippen molar-refractivity contribution in [3.8, 4) is 0 Å². The van der Waals surface area contributed by atoms with Crippen LogP contribution in [-0.2, 0) is 6.42 Å². The molecule has 0 amide bonds.